The van der Waals surface area contributed by atoms with Crippen molar-refractivity contribution < 1.29 is 24.3 Å². The smallest absolute Gasteiger partial charge is 0.349 e. The lowest BCUT2D eigenvalue weighted by Crippen LogP contribution is -2.38. The van der Waals surface area contributed by atoms with Crippen LogP contribution in [0.2, 0.25) is 0 Å². The fourth-order valence-electron chi connectivity index (χ4n) is 3.34. The molecule has 0 aromatic carbocycles. The number of rotatable bonds is 11. The highest BCUT2D eigenvalue weighted by molar-refractivity contribution is 7.44. The van der Waals surface area contributed by atoms with Crippen LogP contribution in [0.15, 0.2) is 29.7 Å². The minimum absolute atomic E-state index is 0.0608. The molecule has 1 saturated heterocycles. The Kier molecular flexibility index (Phi) is 9.31. The van der Waals surface area contributed by atoms with Gasteiger partial charge < -0.3 is 19.1 Å². The van der Waals surface area contributed by atoms with Crippen LogP contribution in [0.25, 0.3) is 0 Å². The average molecular weight is 474 g/mol. The molecule has 32 heavy (non-hydrogen) atoms. The molecule has 2 rings (SSSR count). The van der Waals surface area contributed by atoms with Gasteiger partial charge in [0.05, 0.1) is 12.7 Å². The van der Waals surface area contributed by atoms with Gasteiger partial charge in [-0.15, -0.1) is 6.58 Å². The number of carbonyl (C=O) groups excluding carboxylic acids is 1. The first kappa shape index (κ1) is 24.9. The maximum absolute atomic E-state index is 15.6. The topological polar surface area (TPSA) is 94.9 Å². The molecule has 1 fully saturated rings. The Morgan fingerprint density at radius 2 is 2.19 bits per heavy atom. The third kappa shape index (κ3) is 6.65. The highest BCUT2D eigenvalue weighted by atomic mass is 31.2. The van der Waals surface area contributed by atoms with E-state index >= 15 is 4.39 Å². The molecule has 2 heterocycles. The second-order valence-electron chi connectivity index (χ2n) is 7.98. The molecule has 0 radical (unpaired) electrons. The van der Waals surface area contributed by atoms with Crippen molar-refractivity contribution in [1.29, 1.82) is 0 Å². The number of hydrogen-bond acceptors (Lipinski definition) is 7. The lowest BCUT2D eigenvalue weighted by molar-refractivity contribution is -0.114. The van der Waals surface area contributed by atoms with Gasteiger partial charge in [-0.05, 0) is 47.1 Å². The number of nitrogens with one attached hydrogen (secondary N) is 1. The van der Waals surface area contributed by atoms with Crippen LogP contribution in [0.1, 0.15) is 55.5 Å². The number of amides is 1. The summed E-state index contributed by atoms with van der Waals surface area (Å²) in [6.45, 7) is 13.1. The molecule has 5 unspecified atom stereocenters. The molecule has 5 atom stereocenters. The van der Waals surface area contributed by atoms with E-state index in [1.807, 2.05) is 32.4 Å². The normalized spacial score (nSPS) is 24.7. The van der Waals surface area contributed by atoms with Crippen LogP contribution in [0.4, 0.5) is 10.2 Å². The van der Waals surface area contributed by atoms with Gasteiger partial charge in [0.1, 0.15) is 11.9 Å². The monoisotopic (exact) mass is 473 g/mol. The molecule has 1 aliphatic heterocycles. The van der Waals surface area contributed by atoms with Crippen LogP contribution in [-0.4, -0.2) is 57.2 Å². The highest BCUT2D eigenvalue weighted by Gasteiger charge is 2.47. The van der Waals surface area contributed by atoms with Gasteiger partial charge in [-0.3, -0.25) is 9.36 Å². The summed E-state index contributed by atoms with van der Waals surface area (Å²) in [6, 6.07) is 1.52. The van der Waals surface area contributed by atoms with Gasteiger partial charge in [0.25, 0.3) is 8.53 Å². The predicted octanol–water partition coefficient (Wildman–Crippen LogP) is 3.78. The van der Waals surface area contributed by atoms with Crippen LogP contribution in [-0.2, 0) is 18.6 Å². The molecule has 0 spiro atoms. The van der Waals surface area contributed by atoms with Gasteiger partial charge in [0.15, 0.2) is 12.4 Å². The lowest BCUT2D eigenvalue weighted by atomic mass is 10.2. The maximum Gasteiger partial charge on any atom is 0.351 e. The number of hydrogen-bond donors (Lipinski definition) is 1. The standard InChI is InChI=1S/C21H34FN4O5P/c1-8-9-12-29-32(26(13(2)3)14(4)5)31-19-15(6)30-20(18(19)22)25-11-10-17(23-16(7)27)24-21(25)28/h8,10-11,13-15,18-20H,1,9,12H2,2-7H3,(H,23,24,27,28)/i6D. The van der Waals surface area contributed by atoms with Crippen molar-refractivity contribution in [1.82, 2.24) is 14.2 Å². The third-order valence-electron chi connectivity index (χ3n) is 4.66. The second kappa shape index (κ2) is 12.0. The molecule has 0 saturated carbocycles. The van der Waals surface area contributed by atoms with Crippen LogP contribution in [0.5, 0.6) is 0 Å². The van der Waals surface area contributed by atoms with Crippen molar-refractivity contribution in [2.75, 3.05) is 11.9 Å². The summed E-state index contributed by atoms with van der Waals surface area (Å²) in [4.78, 5) is 27.4. The first-order valence-electron chi connectivity index (χ1n) is 11.3. The van der Waals surface area contributed by atoms with Gasteiger partial charge in [-0.2, -0.15) is 4.98 Å². The summed E-state index contributed by atoms with van der Waals surface area (Å²) in [5.74, 6) is -0.321. The average Bonchev–Trinajstić information content (AvgIpc) is 3.02. The number of alkyl halides is 1. The number of ether oxygens (including phenoxy) is 1. The van der Waals surface area contributed by atoms with Crippen LogP contribution >= 0.6 is 8.53 Å². The zero-order valence-corrected chi connectivity index (χ0v) is 20.1. The first-order chi connectivity index (χ1) is 15.6. The number of anilines is 1. The lowest BCUT2D eigenvalue weighted by Gasteiger charge is -2.37. The summed E-state index contributed by atoms with van der Waals surface area (Å²) < 4.78 is 44.3. The SMILES string of the molecule is [2H]CC1OC(n2ccc(NC(C)=O)nc2=O)C(F)C1OP(OCCC=C)N(C(C)C)C(C)C. The minimum atomic E-state index is -1.74. The fourth-order valence-corrected chi connectivity index (χ4v) is 5.12. The maximum atomic E-state index is 15.6. The van der Waals surface area contributed by atoms with Gasteiger partial charge in [-0.1, -0.05) is 6.08 Å². The number of halogens is 1. The summed E-state index contributed by atoms with van der Waals surface area (Å²) in [7, 11) is -1.66. The molecule has 1 aliphatic rings. The summed E-state index contributed by atoms with van der Waals surface area (Å²) in [6.07, 6.45) is -1.41. The van der Waals surface area contributed by atoms with Crippen molar-refractivity contribution in [3.05, 3.63) is 35.4 Å². The van der Waals surface area contributed by atoms with Gasteiger partial charge in [0, 0.05) is 26.6 Å². The number of nitrogens with zero attached hydrogens (tertiary/aromatic N) is 3. The zero-order chi connectivity index (χ0) is 24.7. The van der Waals surface area contributed by atoms with E-state index in [0.29, 0.717) is 13.0 Å². The molecule has 180 valence electrons. The highest BCUT2D eigenvalue weighted by Crippen LogP contribution is 2.50. The van der Waals surface area contributed by atoms with Gasteiger partial charge in [-0.25, -0.2) is 13.9 Å². The third-order valence-corrected chi connectivity index (χ3v) is 6.79. The van der Waals surface area contributed by atoms with E-state index < -0.39 is 38.8 Å². The van der Waals surface area contributed by atoms with E-state index in [-0.39, 0.29) is 30.7 Å². The fraction of sp³-hybridized carbons (Fsp3) is 0.667. The molecule has 1 aromatic heterocycles. The molecule has 0 aliphatic carbocycles. The number of carbonyl (C=O) groups is 1. The van der Waals surface area contributed by atoms with Crippen molar-refractivity contribution in [3.8, 4) is 0 Å². The Morgan fingerprint density at radius 3 is 2.72 bits per heavy atom. The Hall–Kier alpha value is -1.71. The Morgan fingerprint density at radius 1 is 1.50 bits per heavy atom. The molecule has 11 heteroatoms. The Labute approximate surface area is 191 Å². The van der Waals surface area contributed by atoms with Crippen molar-refractivity contribution in [2.24, 2.45) is 0 Å². The minimum Gasteiger partial charge on any atom is -0.349 e. The van der Waals surface area contributed by atoms with Crippen LogP contribution in [0, 0.1) is 0 Å². The molecular formula is C21H34FN4O5P. The van der Waals surface area contributed by atoms with Crippen molar-refractivity contribution in [2.45, 2.75) is 84.6 Å². The quantitative estimate of drug-likeness (QED) is 0.297. The zero-order valence-electron chi connectivity index (χ0n) is 20.2. The van der Waals surface area contributed by atoms with Gasteiger partial charge in [0.2, 0.25) is 5.91 Å². The van der Waals surface area contributed by atoms with Crippen LogP contribution < -0.4 is 11.0 Å². The Balaban J connectivity index is 2.28. The van der Waals surface area contributed by atoms with Gasteiger partial charge >= 0.3 is 5.69 Å². The van der Waals surface area contributed by atoms with Crippen LogP contribution in [0.3, 0.4) is 0 Å². The molecule has 0 bridgehead atoms. The van der Waals surface area contributed by atoms with E-state index in [9.17, 15) is 9.59 Å². The number of aromatic nitrogens is 2. The van der Waals surface area contributed by atoms with E-state index in [4.69, 9.17) is 15.2 Å². The summed E-state index contributed by atoms with van der Waals surface area (Å²) in [5.41, 5.74) is -0.784. The molecule has 1 amide bonds. The van der Waals surface area contributed by atoms with E-state index in [1.54, 1.807) is 6.08 Å². The largest absolute Gasteiger partial charge is 0.351 e. The van der Waals surface area contributed by atoms with Crippen molar-refractivity contribution in [3.63, 3.8) is 0 Å². The predicted molar refractivity (Wildman–Crippen MR) is 122 cm³/mol. The first-order valence-corrected chi connectivity index (χ1v) is 11.7. The van der Waals surface area contributed by atoms with Crippen molar-refractivity contribution >= 4 is 20.3 Å². The van der Waals surface area contributed by atoms with E-state index in [1.165, 1.54) is 19.2 Å². The molecule has 1 N–H and O–H groups in total. The van der Waals surface area contributed by atoms with E-state index in [0.717, 1.165) is 4.57 Å². The molecular weight excluding hydrogens is 438 g/mol. The molecule has 9 nitrogen and oxygen atoms in total. The summed E-state index contributed by atoms with van der Waals surface area (Å²) >= 11 is 0. The van der Waals surface area contributed by atoms with E-state index in [2.05, 4.69) is 16.9 Å². The molecule has 1 aromatic rings. The summed E-state index contributed by atoms with van der Waals surface area (Å²) in [5, 5.41) is 2.41. The Bertz CT molecular complexity index is 850. The second-order valence-corrected chi connectivity index (χ2v) is 9.39.